The zero-order valence-corrected chi connectivity index (χ0v) is 34.6. The number of benzene rings is 10. The maximum Gasteiger partial charge on any atom is 0.150 e. The molecular formula is C56H40F4N2. The summed E-state index contributed by atoms with van der Waals surface area (Å²) < 4.78 is 64.6. The molecule has 0 spiro atoms. The van der Waals surface area contributed by atoms with Gasteiger partial charge in [0.05, 0.1) is 22.7 Å². The Kier molecular flexibility index (Phi) is 9.52. The second kappa shape index (κ2) is 15.2. The lowest BCUT2D eigenvalue weighted by Gasteiger charge is -2.30. The van der Waals surface area contributed by atoms with Gasteiger partial charge < -0.3 is 9.80 Å². The Morgan fingerprint density at radius 1 is 0.323 bits per heavy atom. The Balaban J connectivity index is 1.22. The van der Waals surface area contributed by atoms with E-state index in [1.807, 2.05) is 183 Å². The first-order valence-electron chi connectivity index (χ1n) is 20.6. The van der Waals surface area contributed by atoms with Gasteiger partial charge in [-0.3, -0.25) is 0 Å². The van der Waals surface area contributed by atoms with Crippen LogP contribution in [0.2, 0.25) is 0 Å². The highest BCUT2D eigenvalue weighted by Gasteiger charge is 2.26. The molecular weight excluding hydrogens is 777 g/mol. The van der Waals surface area contributed by atoms with Crippen molar-refractivity contribution in [3.05, 3.63) is 215 Å². The Labute approximate surface area is 357 Å². The molecule has 0 fully saturated rings. The maximum absolute atomic E-state index is 16.5. The molecule has 2 nitrogen and oxygen atoms in total. The van der Waals surface area contributed by atoms with Crippen molar-refractivity contribution in [2.45, 2.75) is 27.7 Å². The van der Waals surface area contributed by atoms with E-state index in [2.05, 4.69) is 0 Å². The summed E-state index contributed by atoms with van der Waals surface area (Å²) in [5.41, 5.74) is 9.04. The summed E-state index contributed by atoms with van der Waals surface area (Å²) in [4.78, 5) is 3.71. The summed E-state index contributed by atoms with van der Waals surface area (Å²) in [5, 5.41) is 5.46. The van der Waals surface area contributed by atoms with Crippen LogP contribution >= 0.6 is 0 Å². The number of anilines is 6. The molecule has 0 saturated carbocycles. The van der Waals surface area contributed by atoms with Gasteiger partial charge in [-0.25, -0.2) is 17.6 Å². The van der Waals surface area contributed by atoms with E-state index in [0.29, 0.717) is 45.0 Å². The molecule has 0 heterocycles. The second-order valence-electron chi connectivity index (χ2n) is 16.1. The van der Waals surface area contributed by atoms with Crippen LogP contribution in [0, 0.1) is 51.0 Å². The SMILES string of the molecule is Cc1ccc(-c2cc(N(c3ccccc3)c3ccc4ccc5c(N(c6ccccc6)c6cc(-c7ccc(C)cc7C)c(F)cc6F)ccc6ccc3c4c65)c(F)cc2F)c(C)c1. The molecule has 10 aromatic carbocycles. The molecule has 0 amide bonds. The van der Waals surface area contributed by atoms with Crippen LogP contribution in [0.1, 0.15) is 22.3 Å². The number of rotatable bonds is 8. The largest absolute Gasteiger partial charge is 0.307 e. The third-order valence-corrected chi connectivity index (χ3v) is 12.0. The van der Waals surface area contributed by atoms with E-state index >= 15 is 17.6 Å². The zero-order chi connectivity index (χ0) is 42.8. The molecule has 10 aromatic rings. The number of nitrogens with zero attached hydrogens (tertiary/aromatic N) is 2. The van der Waals surface area contributed by atoms with Crippen molar-refractivity contribution >= 4 is 66.4 Å². The fourth-order valence-electron chi connectivity index (χ4n) is 9.19. The van der Waals surface area contributed by atoms with Gasteiger partial charge in [0.25, 0.3) is 0 Å². The number of halogens is 4. The van der Waals surface area contributed by atoms with E-state index in [0.717, 1.165) is 66.7 Å². The highest BCUT2D eigenvalue weighted by Crippen LogP contribution is 2.49. The molecule has 0 unspecified atom stereocenters. The Hall–Kier alpha value is -7.44. The van der Waals surface area contributed by atoms with Crippen molar-refractivity contribution in [2.24, 2.45) is 0 Å². The van der Waals surface area contributed by atoms with Crippen LogP contribution in [-0.2, 0) is 0 Å². The standard InChI is InChI=1S/C56H40F4N2/c1-33-15-21-41(35(3)27-33)45-29-53(49(59)31-47(45)57)61(39-11-7-5-8-12-39)51-25-19-37-18-24-44-52(26-20-38-17-23-43(51)55(37)56(38)44)62(40-13-9-6-10-14-40)54-30-46(48(58)32-50(54)60)42-22-16-34(2)28-36(42)4/h5-32H,1-4H3. The van der Waals surface area contributed by atoms with Gasteiger partial charge in [-0.1, -0.05) is 120 Å². The second-order valence-corrected chi connectivity index (χ2v) is 16.1. The summed E-state index contributed by atoms with van der Waals surface area (Å²) in [6.07, 6.45) is 0. The summed E-state index contributed by atoms with van der Waals surface area (Å²) in [7, 11) is 0. The lowest BCUT2D eigenvalue weighted by atomic mass is 9.91. The van der Waals surface area contributed by atoms with Crippen LogP contribution in [0.15, 0.2) is 170 Å². The molecule has 6 heteroatoms. The first kappa shape index (κ1) is 38.7. The fraction of sp³-hybridized carbons (Fsp3) is 0.0714. The molecule has 0 aliphatic carbocycles. The quantitative estimate of drug-likeness (QED) is 0.111. The van der Waals surface area contributed by atoms with E-state index in [9.17, 15) is 0 Å². The molecule has 0 aliphatic rings. The zero-order valence-electron chi connectivity index (χ0n) is 34.6. The highest BCUT2D eigenvalue weighted by atomic mass is 19.1. The first-order chi connectivity index (χ1) is 30.0. The highest BCUT2D eigenvalue weighted by molar-refractivity contribution is 6.28. The van der Waals surface area contributed by atoms with Crippen molar-refractivity contribution in [1.82, 2.24) is 0 Å². The van der Waals surface area contributed by atoms with E-state index in [-0.39, 0.29) is 11.4 Å². The average molecular weight is 817 g/mol. The van der Waals surface area contributed by atoms with Gasteiger partial charge in [-0.15, -0.1) is 0 Å². The van der Waals surface area contributed by atoms with Crippen LogP contribution in [0.5, 0.6) is 0 Å². The van der Waals surface area contributed by atoms with Gasteiger partial charge >= 0.3 is 0 Å². The summed E-state index contributed by atoms with van der Waals surface area (Å²) >= 11 is 0. The van der Waals surface area contributed by atoms with Crippen molar-refractivity contribution in [3.8, 4) is 22.3 Å². The molecule has 0 aromatic heterocycles. The molecule has 0 bridgehead atoms. The fourth-order valence-corrected chi connectivity index (χ4v) is 9.19. The van der Waals surface area contributed by atoms with E-state index in [4.69, 9.17) is 0 Å². The van der Waals surface area contributed by atoms with Gasteiger partial charge in [0, 0.05) is 45.4 Å². The summed E-state index contributed by atoms with van der Waals surface area (Å²) in [6.45, 7) is 7.84. The maximum atomic E-state index is 16.5. The molecule has 0 aliphatic heterocycles. The first-order valence-corrected chi connectivity index (χ1v) is 20.6. The number of hydrogen-bond donors (Lipinski definition) is 0. The van der Waals surface area contributed by atoms with E-state index in [1.165, 1.54) is 0 Å². The average Bonchev–Trinajstić information content (AvgIpc) is 3.26. The molecule has 0 saturated heterocycles. The minimum Gasteiger partial charge on any atom is -0.307 e. The Bertz CT molecular complexity index is 3120. The lowest BCUT2D eigenvalue weighted by Crippen LogP contribution is -2.14. The molecule has 0 atom stereocenters. The molecule has 302 valence electrons. The van der Waals surface area contributed by atoms with Crippen LogP contribution < -0.4 is 9.80 Å². The summed E-state index contributed by atoms with van der Waals surface area (Å²) in [5.74, 6) is -2.69. The van der Waals surface area contributed by atoms with Crippen molar-refractivity contribution < 1.29 is 17.6 Å². The number of aryl methyl sites for hydroxylation is 4. The minimum atomic E-state index is -0.701. The summed E-state index contributed by atoms with van der Waals surface area (Å²) in [6, 6.07) is 52.0. The van der Waals surface area contributed by atoms with Crippen molar-refractivity contribution in [2.75, 3.05) is 9.80 Å². The monoisotopic (exact) mass is 816 g/mol. The predicted molar refractivity (Wildman–Crippen MR) is 249 cm³/mol. The third-order valence-electron chi connectivity index (χ3n) is 12.0. The van der Waals surface area contributed by atoms with Gasteiger partial charge in [-0.05, 0) is 120 Å². The topological polar surface area (TPSA) is 6.48 Å². The van der Waals surface area contributed by atoms with Gasteiger partial charge in [0.2, 0.25) is 0 Å². The molecule has 0 radical (unpaired) electrons. The van der Waals surface area contributed by atoms with Crippen LogP contribution in [0.3, 0.4) is 0 Å². The van der Waals surface area contributed by atoms with Crippen molar-refractivity contribution in [3.63, 3.8) is 0 Å². The molecule has 62 heavy (non-hydrogen) atoms. The van der Waals surface area contributed by atoms with E-state index in [1.54, 1.807) is 12.1 Å². The smallest absolute Gasteiger partial charge is 0.150 e. The lowest BCUT2D eigenvalue weighted by molar-refractivity contribution is 0.585. The minimum absolute atomic E-state index is 0.199. The molecule has 10 rings (SSSR count). The van der Waals surface area contributed by atoms with Gasteiger partial charge in [0.15, 0.2) is 0 Å². The normalized spacial score (nSPS) is 11.5. The Morgan fingerprint density at radius 3 is 1.10 bits per heavy atom. The van der Waals surface area contributed by atoms with Crippen LogP contribution in [0.25, 0.3) is 54.6 Å². The van der Waals surface area contributed by atoms with Crippen LogP contribution in [-0.4, -0.2) is 0 Å². The third kappa shape index (κ3) is 6.51. The van der Waals surface area contributed by atoms with Crippen LogP contribution in [0.4, 0.5) is 51.7 Å². The van der Waals surface area contributed by atoms with Crippen molar-refractivity contribution in [1.29, 1.82) is 0 Å². The number of hydrogen-bond acceptors (Lipinski definition) is 2. The number of para-hydroxylation sites is 2. The van der Waals surface area contributed by atoms with E-state index < -0.39 is 23.3 Å². The molecule has 0 N–H and O–H groups in total. The Morgan fingerprint density at radius 2 is 0.710 bits per heavy atom. The van der Waals surface area contributed by atoms with Gasteiger partial charge in [-0.2, -0.15) is 0 Å². The predicted octanol–water partition coefficient (Wildman–Crippen LogP) is 16.6. The van der Waals surface area contributed by atoms with Gasteiger partial charge in [0.1, 0.15) is 23.3 Å².